The third kappa shape index (κ3) is 4.22. The summed E-state index contributed by atoms with van der Waals surface area (Å²) in [7, 11) is -3.83. The number of rotatable bonds is 5. The fourth-order valence-electron chi connectivity index (χ4n) is 3.83. The highest BCUT2D eigenvalue weighted by Gasteiger charge is 2.35. The monoisotopic (exact) mass is 440 g/mol. The lowest BCUT2D eigenvalue weighted by Gasteiger charge is -2.19. The van der Waals surface area contributed by atoms with Crippen molar-refractivity contribution in [1.82, 2.24) is 9.71 Å². The zero-order valence-electron chi connectivity index (χ0n) is 16.7. The van der Waals surface area contributed by atoms with Crippen molar-refractivity contribution < 1.29 is 22.7 Å². The summed E-state index contributed by atoms with van der Waals surface area (Å²) in [5.74, 6) is -1.57. The number of anilines is 1. The van der Waals surface area contributed by atoms with Crippen LogP contribution in [0.4, 0.5) is 5.82 Å². The van der Waals surface area contributed by atoms with Gasteiger partial charge in [-0.15, -0.1) is 0 Å². The lowest BCUT2D eigenvalue weighted by Crippen LogP contribution is -2.37. The van der Waals surface area contributed by atoms with E-state index in [0.29, 0.717) is 30.0 Å². The van der Waals surface area contributed by atoms with Crippen LogP contribution in [-0.2, 0) is 25.3 Å². The Morgan fingerprint density at radius 2 is 2.10 bits per heavy atom. The Morgan fingerprint density at radius 1 is 1.35 bits per heavy atom. The summed E-state index contributed by atoms with van der Waals surface area (Å²) in [5.41, 5.74) is 1.52. The predicted molar refractivity (Wildman–Crippen MR) is 110 cm³/mol. The highest BCUT2D eigenvalue weighted by atomic mass is 32.2. The van der Waals surface area contributed by atoms with Gasteiger partial charge in [0, 0.05) is 13.1 Å². The third-order valence-corrected chi connectivity index (χ3v) is 6.58. The van der Waals surface area contributed by atoms with Gasteiger partial charge in [0.1, 0.15) is 18.0 Å². The Kier molecular flexibility index (Phi) is 5.37. The number of carbonyl (C=O) groups excluding carboxylic acids is 2. The molecule has 10 heteroatoms. The van der Waals surface area contributed by atoms with Crippen molar-refractivity contribution in [2.24, 2.45) is 5.92 Å². The van der Waals surface area contributed by atoms with Crippen LogP contribution in [0.1, 0.15) is 46.6 Å². The Hall–Kier alpha value is -3.45. The van der Waals surface area contributed by atoms with E-state index in [1.807, 2.05) is 6.07 Å². The SMILES string of the molecule is CC1OC(=O)c2cc(C#N)c(N3CCC(C(=O)NS(=O)(=O)Cc4ccccc4)C3)nc21. The lowest BCUT2D eigenvalue weighted by atomic mass is 10.1. The van der Waals surface area contributed by atoms with Gasteiger partial charge in [-0.25, -0.2) is 18.2 Å². The number of nitrogens with one attached hydrogen (secondary N) is 1. The number of esters is 1. The first-order chi connectivity index (χ1) is 14.8. The highest BCUT2D eigenvalue weighted by molar-refractivity contribution is 7.89. The van der Waals surface area contributed by atoms with Gasteiger partial charge in [0.15, 0.2) is 0 Å². The van der Waals surface area contributed by atoms with Crippen molar-refractivity contribution in [3.05, 3.63) is 58.8 Å². The van der Waals surface area contributed by atoms with Crippen molar-refractivity contribution in [1.29, 1.82) is 5.26 Å². The molecule has 2 atom stereocenters. The van der Waals surface area contributed by atoms with Gasteiger partial charge in [0.05, 0.1) is 28.5 Å². The number of cyclic esters (lactones) is 1. The van der Waals surface area contributed by atoms with Gasteiger partial charge in [0.2, 0.25) is 15.9 Å². The van der Waals surface area contributed by atoms with E-state index >= 15 is 0 Å². The molecule has 1 N–H and O–H groups in total. The number of hydrogen-bond acceptors (Lipinski definition) is 8. The van der Waals surface area contributed by atoms with Crippen LogP contribution in [-0.4, -0.2) is 38.4 Å². The summed E-state index contributed by atoms with van der Waals surface area (Å²) in [6, 6.07) is 12.1. The number of sulfonamides is 1. The van der Waals surface area contributed by atoms with Crippen LogP contribution < -0.4 is 9.62 Å². The molecule has 2 aromatic rings. The van der Waals surface area contributed by atoms with E-state index in [1.54, 1.807) is 42.2 Å². The minimum atomic E-state index is -3.83. The summed E-state index contributed by atoms with van der Waals surface area (Å²) in [6.45, 7) is 2.35. The van der Waals surface area contributed by atoms with Gasteiger partial charge < -0.3 is 9.64 Å². The zero-order valence-corrected chi connectivity index (χ0v) is 17.6. The van der Waals surface area contributed by atoms with Crippen molar-refractivity contribution in [3.8, 4) is 6.07 Å². The number of hydrogen-bond donors (Lipinski definition) is 1. The molecule has 1 amide bonds. The molecule has 2 aliphatic rings. The quantitative estimate of drug-likeness (QED) is 0.695. The van der Waals surface area contributed by atoms with E-state index in [0.717, 1.165) is 0 Å². The molecule has 31 heavy (non-hydrogen) atoms. The largest absolute Gasteiger partial charge is 0.452 e. The minimum Gasteiger partial charge on any atom is -0.452 e. The van der Waals surface area contributed by atoms with Crippen LogP contribution in [0.15, 0.2) is 36.4 Å². The van der Waals surface area contributed by atoms with Crippen LogP contribution in [0.2, 0.25) is 0 Å². The van der Waals surface area contributed by atoms with Gasteiger partial charge in [-0.1, -0.05) is 30.3 Å². The Morgan fingerprint density at radius 3 is 2.81 bits per heavy atom. The summed E-state index contributed by atoms with van der Waals surface area (Å²) in [4.78, 5) is 30.7. The van der Waals surface area contributed by atoms with E-state index in [9.17, 15) is 23.3 Å². The molecule has 0 aliphatic carbocycles. The maximum atomic E-state index is 12.6. The molecule has 1 fully saturated rings. The van der Waals surface area contributed by atoms with E-state index in [4.69, 9.17) is 4.74 Å². The number of aromatic nitrogens is 1. The molecule has 1 saturated heterocycles. The maximum absolute atomic E-state index is 12.6. The summed E-state index contributed by atoms with van der Waals surface area (Å²) >= 11 is 0. The van der Waals surface area contributed by atoms with Crippen LogP contribution in [0.3, 0.4) is 0 Å². The molecule has 0 bridgehead atoms. The molecule has 0 radical (unpaired) electrons. The first-order valence-electron chi connectivity index (χ1n) is 9.76. The molecule has 1 aromatic heterocycles. The second-order valence-electron chi connectivity index (χ2n) is 7.59. The van der Waals surface area contributed by atoms with E-state index in [-0.39, 0.29) is 23.4 Å². The van der Waals surface area contributed by atoms with E-state index in [2.05, 4.69) is 9.71 Å². The topological polar surface area (TPSA) is 129 Å². The predicted octanol–water partition coefficient (Wildman–Crippen LogP) is 1.66. The minimum absolute atomic E-state index is 0.211. The van der Waals surface area contributed by atoms with Crippen LogP contribution >= 0.6 is 0 Å². The number of pyridine rings is 1. The van der Waals surface area contributed by atoms with Gasteiger partial charge in [-0.3, -0.25) is 9.52 Å². The summed E-state index contributed by atoms with van der Waals surface area (Å²) < 4.78 is 32.0. The van der Waals surface area contributed by atoms with Crippen LogP contribution in [0.25, 0.3) is 0 Å². The molecule has 0 spiro atoms. The normalized spacial score (nSPS) is 20.1. The fourth-order valence-corrected chi connectivity index (χ4v) is 5.00. The first kappa shape index (κ1) is 20.8. The summed E-state index contributed by atoms with van der Waals surface area (Å²) in [6.07, 6.45) is -0.0970. The van der Waals surface area contributed by atoms with E-state index < -0.39 is 33.9 Å². The molecule has 9 nitrogen and oxygen atoms in total. The smallest absolute Gasteiger partial charge is 0.340 e. The molecule has 2 unspecified atom stereocenters. The van der Waals surface area contributed by atoms with Crippen molar-refractivity contribution in [3.63, 3.8) is 0 Å². The van der Waals surface area contributed by atoms with Crippen molar-refractivity contribution in [2.45, 2.75) is 25.2 Å². The Labute approximate surface area is 179 Å². The van der Waals surface area contributed by atoms with E-state index in [1.165, 1.54) is 6.07 Å². The molecular formula is C21H20N4O5S. The summed E-state index contributed by atoms with van der Waals surface area (Å²) in [5, 5.41) is 9.50. The molecule has 1 aromatic carbocycles. The number of benzene rings is 1. The van der Waals surface area contributed by atoms with Gasteiger partial charge in [-0.05, 0) is 25.0 Å². The maximum Gasteiger partial charge on any atom is 0.340 e. The van der Waals surface area contributed by atoms with Crippen LogP contribution in [0.5, 0.6) is 0 Å². The number of nitriles is 1. The second kappa shape index (κ2) is 8.00. The highest BCUT2D eigenvalue weighted by Crippen LogP contribution is 2.34. The molecule has 4 rings (SSSR count). The Balaban J connectivity index is 1.47. The average molecular weight is 440 g/mol. The third-order valence-electron chi connectivity index (χ3n) is 5.36. The van der Waals surface area contributed by atoms with Gasteiger partial charge in [-0.2, -0.15) is 5.26 Å². The molecule has 3 heterocycles. The molecular weight excluding hydrogens is 420 g/mol. The first-order valence-corrected chi connectivity index (χ1v) is 11.4. The standard InChI is InChI=1S/C21H20N4O5S/c1-13-18-17(21(27)30-13)9-16(10-22)19(23-18)25-8-7-15(11-25)20(26)24-31(28,29)12-14-5-3-2-4-6-14/h2-6,9,13,15H,7-8,11-12H2,1H3,(H,24,26). The van der Waals surface area contributed by atoms with Gasteiger partial charge in [0.25, 0.3) is 0 Å². The molecule has 160 valence electrons. The molecule has 2 aliphatic heterocycles. The number of nitrogens with zero attached hydrogens (tertiary/aromatic N) is 3. The number of fused-ring (bicyclic) bond motifs is 1. The van der Waals surface area contributed by atoms with Crippen molar-refractivity contribution in [2.75, 3.05) is 18.0 Å². The Bertz CT molecular complexity index is 1190. The molecule has 0 saturated carbocycles. The number of carbonyl (C=O) groups is 2. The second-order valence-corrected chi connectivity index (χ2v) is 9.32. The lowest BCUT2D eigenvalue weighted by molar-refractivity contribution is -0.122. The van der Waals surface area contributed by atoms with Crippen LogP contribution in [0, 0.1) is 17.2 Å². The average Bonchev–Trinajstić information content (AvgIpc) is 3.32. The van der Waals surface area contributed by atoms with Gasteiger partial charge >= 0.3 is 5.97 Å². The number of amides is 1. The number of ether oxygens (including phenoxy) is 1. The zero-order chi connectivity index (χ0) is 22.2. The fraction of sp³-hybridized carbons (Fsp3) is 0.333. The van der Waals surface area contributed by atoms with Crippen molar-refractivity contribution >= 4 is 27.7 Å².